The number of aliphatic imine (C=N–C) groups is 1. The smallest absolute Gasteiger partial charge is 0.139 e. The van der Waals surface area contributed by atoms with Crippen LogP contribution >= 0.6 is 11.3 Å². The molecule has 1 N–H and O–H groups in total. The van der Waals surface area contributed by atoms with Crippen molar-refractivity contribution in [1.29, 1.82) is 0 Å². The van der Waals surface area contributed by atoms with Crippen molar-refractivity contribution < 1.29 is 4.39 Å². The monoisotopic (exact) mass is 384 g/mol. The Bertz CT molecular complexity index is 911. The summed E-state index contributed by atoms with van der Waals surface area (Å²) >= 11 is 1.62. The number of nitrogens with zero attached hydrogens (tertiary/aromatic N) is 3. The van der Waals surface area contributed by atoms with Gasteiger partial charge in [0.15, 0.2) is 0 Å². The number of thiazole rings is 1. The van der Waals surface area contributed by atoms with E-state index in [1.54, 1.807) is 17.4 Å². The first-order valence-corrected chi connectivity index (χ1v) is 9.93. The molecule has 0 saturated carbocycles. The van der Waals surface area contributed by atoms with Crippen molar-refractivity contribution in [3.63, 3.8) is 0 Å². The summed E-state index contributed by atoms with van der Waals surface area (Å²) in [6.45, 7) is 7.83. The van der Waals surface area contributed by atoms with Gasteiger partial charge in [0.25, 0.3) is 0 Å². The van der Waals surface area contributed by atoms with E-state index in [9.17, 15) is 4.39 Å². The van der Waals surface area contributed by atoms with E-state index in [0.29, 0.717) is 6.54 Å². The second-order valence-electron chi connectivity index (χ2n) is 6.77. The van der Waals surface area contributed by atoms with E-state index in [1.807, 2.05) is 23.7 Å². The van der Waals surface area contributed by atoms with Gasteiger partial charge in [-0.2, -0.15) is 0 Å². The van der Waals surface area contributed by atoms with Gasteiger partial charge in [-0.05, 0) is 49.6 Å². The Hall–Kier alpha value is -2.47. The van der Waals surface area contributed by atoms with Crippen molar-refractivity contribution in [3.05, 3.63) is 63.0 Å². The van der Waals surface area contributed by atoms with Crippen LogP contribution in [0.25, 0.3) is 5.57 Å². The van der Waals surface area contributed by atoms with Crippen molar-refractivity contribution in [3.8, 4) is 0 Å². The quantitative estimate of drug-likeness (QED) is 0.577. The van der Waals surface area contributed by atoms with E-state index >= 15 is 0 Å². The molecule has 0 radical (unpaired) electrons. The largest absolute Gasteiger partial charge is 0.384 e. The van der Waals surface area contributed by atoms with Crippen LogP contribution in [-0.2, 0) is 6.42 Å². The summed E-state index contributed by atoms with van der Waals surface area (Å²) in [7, 11) is 2.01. The van der Waals surface area contributed by atoms with E-state index < -0.39 is 0 Å². The minimum Gasteiger partial charge on any atom is -0.384 e. The maximum atomic E-state index is 13.4. The molecule has 1 aromatic heterocycles. The molecule has 0 aliphatic carbocycles. The van der Waals surface area contributed by atoms with Crippen molar-refractivity contribution in [2.45, 2.75) is 27.2 Å². The predicted octanol–water partition coefficient (Wildman–Crippen LogP) is 4.76. The number of hydrogen-bond acceptors (Lipinski definition) is 4. The molecule has 0 bridgehead atoms. The zero-order chi connectivity index (χ0) is 19.4. The minimum absolute atomic E-state index is 0.262. The molecule has 1 aromatic carbocycles. The van der Waals surface area contributed by atoms with E-state index in [2.05, 4.69) is 43.2 Å². The Balaban J connectivity index is 1.77. The highest BCUT2D eigenvalue weighted by molar-refractivity contribution is 7.09. The lowest BCUT2D eigenvalue weighted by molar-refractivity contribution is 0.552. The van der Waals surface area contributed by atoms with Crippen molar-refractivity contribution in [1.82, 2.24) is 15.2 Å². The average molecular weight is 385 g/mol. The van der Waals surface area contributed by atoms with Gasteiger partial charge >= 0.3 is 0 Å². The lowest BCUT2D eigenvalue weighted by Crippen LogP contribution is -2.14. The fourth-order valence-electron chi connectivity index (χ4n) is 2.82. The first-order valence-electron chi connectivity index (χ1n) is 9.05. The van der Waals surface area contributed by atoms with Crippen LogP contribution in [0.4, 0.5) is 10.1 Å². The van der Waals surface area contributed by atoms with Crippen LogP contribution < -0.4 is 5.32 Å². The summed E-state index contributed by atoms with van der Waals surface area (Å²) in [5, 5.41) is 5.97. The van der Waals surface area contributed by atoms with Gasteiger partial charge in [0.1, 0.15) is 5.83 Å². The molecule has 0 saturated heterocycles. The van der Waals surface area contributed by atoms with E-state index in [1.165, 1.54) is 17.3 Å². The third kappa shape index (κ3) is 4.83. The molecule has 0 amide bonds. The number of allylic oxidation sites excluding steroid dienone is 2. The molecule has 2 heterocycles. The number of nitrogens with one attached hydrogen (secondary N) is 1. The molecule has 0 atom stereocenters. The van der Waals surface area contributed by atoms with Crippen LogP contribution in [0.15, 0.2) is 40.6 Å². The highest BCUT2D eigenvalue weighted by Crippen LogP contribution is 2.27. The van der Waals surface area contributed by atoms with E-state index in [0.717, 1.165) is 40.5 Å². The molecular formula is C21H25FN4S. The van der Waals surface area contributed by atoms with Gasteiger partial charge in [-0.25, -0.2) is 14.4 Å². The SMILES string of the molecule is CCN(C)C=Nc1cc(C)c(Cc2nc(C3=CC(F)=CNC3)cs2)cc1C. The Labute approximate surface area is 164 Å². The third-order valence-corrected chi connectivity index (χ3v) is 5.46. The Morgan fingerprint density at radius 3 is 2.89 bits per heavy atom. The Morgan fingerprint density at radius 1 is 1.33 bits per heavy atom. The molecule has 0 spiro atoms. The van der Waals surface area contributed by atoms with Gasteiger partial charge in [-0.15, -0.1) is 11.3 Å². The molecule has 0 fully saturated rings. The van der Waals surface area contributed by atoms with Gasteiger partial charge in [0.05, 0.1) is 22.7 Å². The fourth-order valence-corrected chi connectivity index (χ4v) is 3.66. The van der Waals surface area contributed by atoms with Crippen LogP contribution in [0.2, 0.25) is 0 Å². The minimum atomic E-state index is -0.262. The first kappa shape index (κ1) is 19.3. The third-order valence-electron chi connectivity index (χ3n) is 4.61. The van der Waals surface area contributed by atoms with Gasteiger partial charge in [0, 0.05) is 43.7 Å². The summed E-state index contributed by atoms with van der Waals surface area (Å²) in [6, 6.07) is 4.33. The lowest BCUT2D eigenvalue weighted by atomic mass is 10.0. The molecule has 0 unspecified atom stereocenters. The van der Waals surface area contributed by atoms with Gasteiger partial charge in [0.2, 0.25) is 0 Å². The second kappa shape index (κ2) is 8.48. The summed E-state index contributed by atoms with van der Waals surface area (Å²) in [5.41, 5.74) is 6.34. The van der Waals surface area contributed by atoms with Gasteiger partial charge < -0.3 is 10.2 Å². The highest BCUT2D eigenvalue weighted by Gasteiger charge is 2.12. The number of hydrogen-bond donors (Lipinski definition) is 1. The summed E-state index contributed by atoms with van der Waals surface area (Å²) in [5.74, 6) is -0.262. The van der Waals surface area contributed by atoms with Gasteiger partial charge in [-0.3, -0.25) is 0 Å². The Morgan fingerprint density at radius 2 is 2.15 bits per heavy atom. The number of aryl methyl sites for hydroxylation is 2. The van der Waals surface area contributed by atoms with Crippen LogP contribution in [0.5, 0.6) is 0 Å². The van der Waals surface area contributed by atoms with Crippen molar-refractivity contribution in [2.75, 3.05) is 20.1 Å². The average Bonchev–Trinajstić information content (AvgIpc) is 3.11. The standard InChI is InChI=1S/C21H25FN4S/c1-5-26(4)13-24-19-7-14(2)16(6-15(19)3)9-21-25-20(12-27-21)17-8-18(22)11-23-10-17/h6-8,11-13,23H,5,9-10H2,1-4H3. The molecular weight excluding hydrogens is 359 g/mol. The maximum absolute atomic E-state index is 13.4. The normalized spacial score (nSPS) is 14.1. The predicted molar refractivity (Wildman–Crippen MR) is 112 cm³/mol. The molecule has 1 aliphatic rings. The maximum Gasteiger partial charge on any atom is 0.139 e. The number of aromatic nitrogens is 1. The zero-order valence-electron chi connectivity index (χ0n) is 16.2. The fraction of sp³-hybridized carbons (Fsp3) is 0.333. The van der Waals surface area contributed by atoms with Crippen LogP contribution in [0.1, 0.15) is 34.3 Å². The number of dihydropyridines is 1. The van der Waals surface area contributed by atoms with Crippen LogP contribution in [-0.4, -0.2) is 36.4 Å². The van der Waals surface area contributed by atoms with Gasteiger partial charge in [-0.1, -0.05) is 6.07 Å². The van der Waals surface area contributed by atoms with Crippen molar-refractivity contribution in [2.24, 2.45) is 4.99 Å². The highest BCUT2D eigenvalue weighted by atomic mass is 32.1. The molecule has 2 aromatic rings. The zero-order valence-corrected chi connectivity index (χ0v) is 17.0. The van der Waals surface area contributed by atoms with Crippen molar-refractivity contribution >= 4 is 28.9 Å². The van der Waals surface area contributed by atoms with E-state index in [4.69, 9.17) is 4.98 Å². The molecule has 27 heavy (non-hydrogen) atoms. The summed E-state index contributed by atoms with van der Waals surface area (Å²) in [4.78, 5) is 11.3. The second-order valence-corrected chi connectivity index (χ2v) is 7.71. The Kier molecular flexibility index (Phi) is 6.06. The molecule has 3 rings (SSSR count). The summed E-state index contributed by atoms with van der Waals surface area (Å²) < 4.78 is 13.4. The lowest BCUT2D eigenvalue weighted by Gasteiger charge is -2.11. The first-order chi connectivity index (χ1) is 13.0. The number of rotatable bonds is 6. The summed E-state index contributed by atoms with van der Waals surface area (Å²) in [6.07, 6.45) is 5.57. The van der Waals surface area contributed by atoms with E-state index in [-0.39, 0.29) is 5.83 Å². The number of benzene rings is 1. The molecule has 6 heteroatoms. The topological polar surface area (TPSA) is 40.5 Å². The molecule has 142 valence electrons. The molecule has 4 nitrogen and oxygen atoms in total. The van der Waals surface area contributed by atoms with Crippen LogP contribution in [0.3, 0.4) is 0 Å². The number of halogens is 1. The molecule has 1 aliphatic heterocycles. The van der Waals surface area contributed by atoms with Crippen LogP contribution in [0, 0.1) is 13.8 Å².